The predicted octanol–water partition coefficient (Wildman–Crippen LogP) is 2.85. The predicted molar refractivity (Wildman–Crippen MR) is 63.4 cm³/mol. The number of hydrogen-bond acceptors (Lipinski definition) is 2. The lowest BCUT2D eigenvalue weighted by molar-refractivity contribution is -0.133. The Labute approximate surface area is 96.3 Å². The molecule has 2 N–H and O–H groups in total. The highest BCUT2D eigenvalue weighted by Crippen LogP contribution is 1.96. The summed E-state index contributed by atoms with van der Waals surface area (Å²) in [6.45, 7) is 8.66. The van der Waals surface area contributed by atoms with Crippen LogP contribution < -0.4 is 0 Å². The maximum atomic E-state index is 10.1. The molecule has 0 aliphatic heterocycles. The Morgan fingerprint density at radius 1 is 1.19 bits per heavy atom. The molecule has 0 fully saturated rings. The van der Waals surface area contributed by atoms with Crippen LogP contribution in [0.2, 0.25) is 0 Å². The Morgan fingerprint density at radius 3 is 1.88 bits per heavy atom. The van der Waals surface area contributed by atoms with E-state index in [-0.39, 0.29) is 5.57 Å². The molecule has 0 rings (SSSR count). The van der Waals surface area contributed by atoms with Crippen LogP contribution in [0.25, 0.3) is 0 Å². The standard InChI is InChI=1S/C7H12O2.C5H8O2/c1-3-4-5-6(2)7(8)9;1-3-4(2)5(6)7/h5H,3-4H2,1-2H3,(H,8,9);2-3H2,1H3,(H,6,7)/b6-5+;. The van der Waals surface area contributed by atoms with Crippen molar-refractivity contribution in [2.75, 3.05) is 0 Å². The van der Waals surface area contributed by atoms with Crippen LogP contribution in [0.3, 0.4) is 0 Å². The Bertz CT molecular complexity index is 277. The molecule has 92 valence electrons. The van der Waals surface area contributed by atoms with Crippen molar-refractivity contribution < 1.29 is 19.8 Å². The summed E-state index contributed by atoms with van der Waals surface area (Å²) in [5.41, 5.74) is 0.705. The summed E-state index contributed by atoms with van der Waals surface area (Å²) in [7, 11) is 0. The molecule has 0 saturated carbocycles. The molecular formula is C12H20O4. The fourth-order valence-electron chi connectivity index (χ4n) is 0.599. The monoisotopic (exact) mass is 228 g/mol. The molecule has 0 atom stereocenters. The summed E-state index contributed by atoms with van der Waals surface area (Å²) in [6, 6.07) is 0. The van der Waals surface area contributed by atoms with Crippen LogP contribution in [-0.2, 0) is 9.59 Å². The maximum absolute atomic E-state index is 10.1. The highest BCUT2D eigenvalue weighted by molar-refractivity contribution is 5.85. The molecule has 0 bridgehead atoms. The molecule has 0 saturated heterocycles. The van der Waals surface area contributed by atoms with Crippen LogP contribution in [0.4, 0.5) is 0 Å². The average molecular weight is 228 g/mol. The lowest BCUT2D eigenvalue weighted by Gasteiger charge is -1.89. The van der Waals surface area contributed by atoms with Crippen molar-refractivity contribution in [3.05, 3.63) is 23.8 Å². The topological polar surface area (TPSA) is 74.6 Å². The summed E-state index contributed by atoms with van der Waals surface area (Å²) in [5, 5.41) is 16.4. The number of aliphatic carboxylic acids is 2. The molecule has 0 aromatic heterocycles. The molecule has 16 heavy (non-hydrogen) atoms. The first kappa shape index (κ1) is 16.8. The first-order valence-electron chi connectivity index (χ1n) is 5.17. The third-order valence-corrected chi connectivity index (χ3v) is 1.81. The summed E-state index contributed by atoms with van der Waals surface area (Å²) in [6.07, 6.45) is 4.13. The second-order valence-electron chi connectivity index (χ2n) is 3.24. The highest BCUT2D eigenvalue weighted by atomic mass is 16.4. The normalized spacial score (nSPS) is 10.1. The minimum Gasteiger partial charge on any atom is -0.478 e. The first-order chi connectivity index (χ1) is 7.36. The molecule has 0 radical (unpaired) electrons. The number of carboxylic acids is 2. The highest BCUT2D eigenvalue weighted by Gasteiger charge is 1.96. The van der Waals surface area contributed by atoms with Crippen molar-refractivity contribution in [2.24, 2.45) is 0 Å². The minimum absolute atomic E-state index is 0.264. The van der Waals surface area contributed by atoms with Crippen LogP contribution in [0.15, 0.2) is 23.8 Å². The second-order valence-corrected chi connectivity index (χ2v) is 3.24. The van der Waals surface area contributed by atoms with E-state index in [1.165, 1.54) is 0 Å². The van der Waals surface area contributed by atoms with Crippen LogP contribution in [0.1, 0.15) is 40.0 Å². The van der Waals surface area contributed by atoms with E-state index < -0.39 is 11.9 Å². The van der Waals surface area contributed by atoms with Crippen molar-refractivity contribution in [2.45, 2.75) is 40.0 Å². The number of allylic oxidation sites excluding steroid dienone is 1. The molecule has 0 unspecified atom stereocenters. The van der Waals surface area contributed by atoms with E-state index in [4.69, 9.17) is 10.2 Å². The van der Waals surface area contributed by atoms with Gasteiger partial charge in [-0.05, 0) is 19.8 Å². The van der Waals surface area contributed by atoms with Crippen molar-refractivity contribution in [3.8, 4) is 0 Å². The van der Waals surface area contributed by atoms with Gasteiger partial charge in [-0.25, -0.2) is 9.59 Å². The summed E-state index contributed by atoms with van der Waals surface area (Å²) >= 11 is 0. The minimum atomic E-state index is -0.900. The Balaban J connectivity index is 0. The molecule has 4 heteroatoms. The SMILES string of the molecule is C=C(CC)C(=O)O.CCC/C=C(\C)C(=O)O. The number of carbonyl (C=O) groups is 2. The van der Waals surface area contributed by atoms with E-state index in [0.717, 1.165) is 12.8 Å². The van der Waals surface area contributed by atoms with Gasteiger partial charge in [-0.15, -0.1) is 0 Å². The van der Waals surface area contributed by atoms with Gasteiger partial charge in [0.15, 0.2) is 0 Å². The van der Waals surface area contributed by atoms with Gasteiger partial charge in [0.1, 0.15) is 0 Å². The number of carboxylic acid groups (broad SMARTS) is 2. The smallest absolute Gasteiger partial charge is 0.330 e. The van der Waals surface area contributed by atoms with Crippen LogP contribution in [-0.4, -0.2) is 22.2 Å². The summed E-state index contributed by atoms with van der Waals surface area (Å²) in [4.78, 5) is 20.0. The van der Waals surface area contributed by atoms with E-state index in [2.05, 4.69) is 6.58 Å². The van der Waals surface area contributed by atoms with E-state index in [0.29, 0.717) is 12.0 Å². The van der Waals surface area contributed by atoms with Gasteiger partial charge >= 0.3 is 11.9 Å². The van der Waals surface area contributed by atoms with Gasteiger partial charge in [-0.3, -0.25) is 0 Å². The zero-order chi connectivity index (χ0) is 13.1. The van der Waals surface area contributed by atoms with Gasteiger partial charge in [0.25, 0.3) is 0 Å². The van der Waals surface area contributed by atoms with E-state index in [9.17, 15) is 9.59 Å². The molecule has 0 amide bonds. The Kier molecular flexibility index (Phi) is 10.5. The van der Waals surface area contributed by atoms with Crippen LogP contribution in [0.5, 0.6) is 0 Å². The fourth-order valence-corrected chi connectivity index (χ4v) is 0.599. The van der Waals surface area contributed by atoms with Gasteiger partial charge in [0.05, 0.1) is 0 Å². The molecule has 0 aliphatic carbocycles. The van der Waals surface area contributed by atoms with Gasteiger partial charge in [-0.1, -0.05) is 32.9 Å². The summed E-state index contributed by atoms with van der Waals surface area (Å²) in [5.74, 6) is -1.72. The van der Waals surface area contributed by atoms with Gasteiger partial charge in [0.2, 0.25) is 0 Å². The molecule has 0 aromatic rings. The van der Waals surface area contributed by atoms with E-state index in [1.807, 2.05) is 6.92 Å². The zero-order valence-corrected chi connectivity index (χ0v) is 10.1. The lowest BCUT2D eigenvalue weighted by Crippen LogP contribution is -1.95. The third-order valence-electron chi connectivity index (χ3n) is 1.81. The quantitative estimate of drug-likeness (QED) is 0.709. The van der Waals surface area contributed by atoms with Crippen molar-refractivity contribution in [1.29, 1.82) is 0 Å². The number of rotatable bonds is 5. The first-order valence-corrected chi connectivity index (χ1v) is 5.17. The van der Waals surface area contributed by atoms with Gasteiger partial charge in [0, 0.05) is 11.1 Å². The Morgan fingerprint density at radius 2 is 1.69 bits per heavy atom. The molecule has 0 spiro atoms. The van der Waals surface area contributed by atoms with E-state index in [1.54, 1.807) is 19.9 Å². The van der Waals surface area contributed by atoms with Gasteiger partial charge < -0.3 is 10.2 Å². The second kappa shape index (κ2) is 9.96. The average Bonchev–Trinajstić information content (AvgIpc) is 2.25. The van der Waals surface area contributed by atoms with Crippen LogP contribution in [0, 0.1) is 0 Å². The molecule has 0 aromatic carbocycles. The molecular weight excluding hydrogens is 208 g/mol. The van der Waals surface area contributed by atoms with Crippen molar-refractivity contribution >= 4 is 11.9 Å². The molecule has 0 aliphatic rings. The third kappa shape index (κ3) is 10.5. The van der Waals surface area contributed by atoms with Crippen LogP contribution >= 0.6 is 0 Å². The number of hydrogen-bond donors (Lipinski definition) is 2. The fraction of sp³-hybridized carbons (Fsp3) is 0.500. The van der Waals surface area contributed by atoms with Gasteiger partial charge in [-0.2, -0.15) is 0 Å². The van der Waals surface area contributed by atoms with E-state index >= 15 is 0 Å². The maximum Gasteiger partial charge on any atom is 0.330 e. The Hall–Kier alpha value is -1.58. The summed E-state index contributed by atoms with van der Waals surface area (Å²) < 4.78 is 0. The molecule has 4 nitrogen and oxygen atoms in total. The lowest BCUT2D eigenvalue weighted by atomic mass is 10.2. The number of unbranched alkanes of at least 4 members (excludes halogenated alkanes) is 1. The van der Waals surface area contributed by atoms with Crippen molar-refractivity contribution in [3.63, 3.8) is 0 Å². The largest absolute Gasteiger partial charge is 0.478 e. The van der Waals surface area contributed by atoms with Crippen molar-refractivity contribution in [1.82, 2.24) is 0 Å². The molecule has 0 heterocycles. The zero-order valence-electron chi connectivity index (χ0n) is 10.1.